The zero-order valence-corrected chi connectivity index (χ0v) is 21.8. The molecule has 1 aromatic rings. The van der Waals surface area contributed by atoms with Gasteiger partial charge >= 0.3 is 6.09 Å². The van der Waals surface area contributed by atoms with Crippen molar-refractivity contribution in [3.05, 3.63) is 35.9 Å². The molecule has 0 bridgehead atoms. The number of aliphatic imine (C=N–C) groups is 1. The Morgan fingerprint density at radius 1 is 1.12 bits per heavy atom. The number of benzene rings is 1. The van der Waals surface area contributed by atoms with Crippen molar-refractivity contribution in [1.29, 1.82) is 0 Å². The molecule has 6 nitrogen and oxygen atoms in total. The van der Waals surface area contributed by atoms with E-state index in [4.69, 9.17) is 9.73 Å². The van der Waals surface area contributed by atoms with Gasteiger partial charge in [-0.2, -0.15) is 0 Å². The number of hydrogen-bond acceptors (Lipinski definition) is 4. The summed E-state index contributed by atoms with van der Waals surface area (Å²) in [6, 6.07) is 10.1. The molecule has 0 N–H and O–H groups in total. The van der Waals surface area contributed by atoms with E-state index >= 15 is 0 Å². The first-order valence-corrected chi connectivity index (χ1v) is 13.1. The van der Waals surface area contributed by atoms with Gasteiger partial charge in [-0.1, -0.05) is 63.4 Å². The van der Waals surface area contributed by atoms with Crippen molar-refractivity contribution in [3.8, 4) is 0 Å². The van der Waals surface area contributed by atoms with Crippen molar-refractivity contribution >= 4 is 17.8 Å². The molecule has 0 aromatic heterocycles. The van der Waals surface area contributed by atoms with Gasteiger partial charge in [-0.25, -0.2) is 14.7 Å². The van der Waals surface area contributed by atoms with Crippen LogP contribution in [-0.2, 0) is 16.0 Å². The predicted molar refractivity (Wildman–Crippen MR) is 137 cm³/mol. The summed E-state index contributed by atoms with van der Waals surface area (Å²) in [7, 11) is 0. The number of carbonyl (C=O) groups excluding carboxylic acids is 2. The van der Waals surface area contributed by atoms with Crippen LogP contribution < -0.4 is 0 Å². The highest BCUT2D eigenvalue weighted by Gasteiger charge is 2.43. The number of ketones is 1. The molecule has 1 heterocycles. The van der Waals surface area contributed by atoms with Crippen molar-refractivity contribution in [3.63, 3.8) is 0 Å². The van der Waals surface area contributed by atoms with E-state index in [0.29, 0.717) is 25.5 Å². The minimum absolute atomic E-state index is 0.0712. The van der Waals surface area contributed by atoms with E-state index < -0.39 is 17.7 Å². The summed E-state index contributed by atoms with van der Waals surface area (Å²) in [6.07, 6.45) is 7.59. The Balaban J connectivity index is 1.90. The highest BCUT2D eigenvalue weighted by molar-refractivity contribution is 6.05. The van der Waals surface area contributed by atoms with E-state index in [2.05, 4.69) is 38.1 Å². The fourth-order valence-electron chi connectivity index (χ4n) is 4.82. The molecule has 6 heteroatoms. The molecular weight excluding hydrogens is 426 g/mol. The number of amides is 1. The van der Waals surface area contributed by atoms with Crippen LogP contribution >= 0.6 is 0 Å². The Hall–Kier alpha value is -2.37. The lowest BCUT2D eigenvalue weighted by Gasteiger charge is -2.43. The van der Waals surface area contributed by atoms with Gasteiger partial charge in [0, 0.05) is 6.54 Å². The molecule has 1 aliphatic heterocycles. The number of ether oxygens (including phenoxy) is 1. The Morgan fingerprint density at radius 2 is 1.79 bits per heavy atom. The van der Waals surface area contributed by atoms with E-state index in [-0.39, 0.29) is 17.7 Å². The number of rotatable bonds is 7. The van der Waals surface area contributed by atoms with Gasteiger partial charge in [0.2, 0.25) is 5.96 Å². The maximum Gasteiger partial charge on any atom is 0.417 e. The fourth-order valence-corrected chi connectivity index (χ4v) is 4.82. The van der Waals surface area contributed by atoms with E-state index in [9.17, 15) is 9.59 Å². The summed E-state index contributed by atoms with van der Waals surface area (Å²) in [5.41, 5.74) is 0.631. The van der Waals surface area contributed by atoms with Crippen LogP contribution in [0.25, 0.3) is 0 Å². The number of carbonyl (C=O) groups is 2. The fraction of sp³-hybridized carbons (Fsp3) is 0.679. The number of guanidine groups is 1. The summed E-state index contributed by atoms with van der Waals surface area (Å²) in [5.74, 6) is 0.987. The zero-order chi connectivity index (χ0) is 24.7. The maximum absolute atomic E-state index is 13.5. The highest BCUT2D eigenvalue weighted by atomic mass is 16.6. The normalized spacial score (nSPS) is 21.4. The lowest BCUT2D eigenvalue weighted by molar-refractivity contribution is -0.126. The molecule has 34 heavy (non-hydrogen) atoms. The molecule has 1 aliphatic carbocycles. The number of aryl methyl sites for hydroxylation is 1. The Morgan fingerprint density at radius 3 is 2.41 bits per heavy atom. The van der Waals surface area contributed by atoms with Crippen molar-refractivity contribution in [2.24, 2.45) is 10.9 Å². The molecule has 1 amide bonds. The third-order valence-corrected chi connectivity index (χ3v) is 6.42. The summed E-state index contributed by atoms with van der Waals surface area (Å²) in [4.78, 5) is 35.6. The molecule has 1 atom stereocenters. The Bertz CT molecular complexity index is 838. The predicted octanol–water partition coefficient (Wildman–Crippen LogP) is 5.84. The first kappa shape index (κ1) is 26.2. The Labute approximate surface area is 205 Å². The standard InChI is InChI=1S/C28H43N3O3/c1-21(2)19-24-25(32)20-30(18-12-15-22-13-8-6-9-14-22)26(29-23-16-10-7-11-17-23)31(24)27(33)34-28(3,4)5/h6,8-9,13-14,21,23-24H,7,10-12,15-20H2,1-5H3/t24-/m0/s1. The van der Waals surface area contributed by atoms with Gasteiger partial charge in [0.1, 0.15) is 11.6 Å². The average Bonchev–Trinajstić information content (AvgIpc) is 2.76. The van der Waals surface area contributed by atoms with E-state index in [0.717, 1.165) is 38.5 Å². The van der Waals surface area contributed by atoms with Crippen LogP contribution in [0, 0.1) is 5.92 Å². The molecule has 3 rings (SSSR count). The highest BCUT2D eigenvalue weighted by Crippen LogP contribution is 2.27. The molecule has 0 radical (unpaired) electrons. The van der Waals surface area contributed by atoms with Crippen molar-refractivity contribution in [1.82, 2.24) is 9.80 Å². The van der Waals surface area contributed by atoms with E-state index in [1.165, 1.54) is 12.0 Å². The van der Waals surface area contributed by atoms with Crippen LogP contribution in [0.3, 0.4) is 0 Å². The van der Waals surface area contributed by atoms with Crippen molar-refractivity contribution in [2.45, 2.75) is 104 Å². The van der Waals surface area contributed by atoms with E-state index in [1.807, 2.05) is 31.7 Å². The molecule has 0 spiro atoms. The number of Topliss-reactive ketones (excluding diaryl/α,β-unsaturated/α-hetero) is 1. The van der Waals surface area contributed by atoms with Gasteiger partial charge in [0.05, 0.1) is 12.6 Å². The second-order valence-electron chi connectivity index (χ2n) is 11.2. The van der Waals surface area contributed by atoms with Gasteiger partial charge in [-0.3, -0.25) is 4.79 Å². The van der Waals surface area contributed by atoms with Crippen LogP contribution in [-0.4, -0.2) is 58.4 Å². The van der Waals surface area contributed by atoms with Crippen LogP contribution in [0.15, 0.2) is 35.3 Å². The van der Waals surface area contributed by atoms with Crippen LogP contribution in [0.2, 0.25) is 0 Å². The van der Waals surface area contributed by atoms with E-state index in [1.54, 1.807) is 4.90 Å². The summed E-state index contributed by atoms with van der Waals surface area (Å²) < 4.78 is 5.81. The third-order valence-electron chi connectivity index (χ3n) is 6.42. The van der Waals surface area contributed by atoms with Crippen LogP contribution in [0.4, 0.5) is 4.79 Å². The molecule has 2 fully saturated rings. The van der Waals surface area contributed by atoms with Gasteiger partial charge in [-0.15, -0.1) is 0 Å². The van der Waals surface area contributed by atoms with Crippen molar-refractivity contribution in [2.75, 3.05) is 13.1 Å². The second kappa shape index (κ2) is 11.9. The van der Waals surface area contributed by atoms with Gasteiger partial charge in [-0.05, 0) is 64.4 Å². The molecule has 1 saturated carbocycles. The van der Waals surface area contributed by atoms with Crippen LogP contribution in [0.5, 0.6) is 0 Å². The van der Waals surface area contributed by atoms with Gasteiger partial charge < -0.3 is 9.64 Å². The first-order chi connectivity index (χ1) is 16.1. The molecule has 2 aliphatic rings. The monoisotopic (exact) mass is 469 g/mol. The third kappa shape index (κ3) is 7.57. The Kier molecular flexibility index (Phi) is 9.15. The zero-order valence-electron chi connectivity index (χ0n) is 21.8. The van der Waals surface area contributed by atoms with Crippen LogP contribution in [0.1, 0.15) is 85.1 Å². The lowest BCUT2D eigenvalue weighted by Crippen LogP contribution is -2.63. The minimum Gasteiger partial charge on any atom is -0.443 e. The van der Waals surface area contributed by atoms with Gasteiger partial charge in [0.25, 0.3) is 0 Å². The molecule has 1 saturated heterocycles. The molecular formula is C28H43N3O3. The minimum atomic E-state index is -0.645. The summed E-state index contributed by atoms with van der Waals surface area (Å²) in [5, 5.41) is 0. The molecule has 1 aromatic carbocycles. The number of nitrogens with zero attached hydrogens (tertiary/aromatic N) is 3. The molecule has 0 unspecified atom stereocenters. The quantitative estimate of drug-likeness (QED) is 0.503. The second-order valence-corrected chi connectivity index (χ2v) is 11.2. The number of hydrogen-bond donors (Lipinski definition) is 0. The van der Waals surface area contributed by atoms with Crippen molar-refractivity contribution < 1.29 is 14.3 Å². The van der Waals surface area contributed by atoms with Gasteiger partial charge in [0.15, 0.2) is 5.78 Å². The molecule has 188 valence electrons. The topological polar surface area (TPSA) is 62.2 Å². The summed E-state index contributed by atoms with van der Waals surface area (Å²) >= 11 is 0. The largest absolute Gasteiger partial charge is 0.443 e. The first-order valence-electron chi connectivity index (χ1n) is 13.1. The smallest absolute Gasteiger partial charge is 0.417 e. The lowest BCUT2D eigenvalue weighted by atomic mass is 9.95. The summed E-state index contributed by atoms with van der Waals surface area (Å²) in [6.45, 7) is 10.8. The maximum atomic E-state index is 13.5. The average molecular weight is 470 g/mol. The SMILES string of the molecule is CC(C)C[C@H]1C(=O)CN(CCCc2ccccc2)C(=NC2CCCCC2)N1C(=O)OC(C)(C)C.